The van der Waals surface area contributed by atoms with Crippen LogP contribution in [0.15, 0.2) is 120 Å². The second-order valence-electron chi connectivity index (χ2n) is 11.3. The number of aryl methyl sites for hydroxylation is 1. The van der Waals surface area contributed by atoms with Gasteiger partial charge in [-0.3, -0.25) is 4.99 Å². The lowest BCUT2D eigenvalue weighted by Crippen LogP contribution is -2.29. The van der Waals surface area contributed by atoms with Crippen LogP contribution in [0.1, 0.15) is 46.2 Å². The molecule has 1 aliphatic heterocycles. The summed E-state index contributed by atoms with van der Waals surface area (Å²) in [6.07, 6.45) is 7.71. The molecule has 1 N–H and O–H groups in total. The van der Waals surface area contributed by atoms with E-state index in [1.807, 2.05) is 24.4 Å². The van der Waals surface area contributed by atoms with Crippen LogP contribution in [0.25, 0.3) is 10.8 Å². The number of nitrogens with one attached hydrogen (secondary N) is 1. The molecule has 0 spiro atoms. The molecule has 1 aliphatic carbocycles. The molecule has 3 atom stereocenters. The van der Waals surface area contributed by atoms with Gasteiger partial charge in [0.15, 0.2) is 11.5 Å². The molecular weight excluding hydrogens is 516 g/mol. The molecule has 0 unspecified atom stereocenters. The average molecular weight is 551 g/mol. The molecule has 0 radical (unpaired) electrons. The lowest BCUT2D eigenvalue weighted by Gasteiger charge is -2.37. The van der Waals surface area contributed by atoms with Gasteiger partial charge >= 0.3 is 0 Å². The number of methoxy groups -OCH3 is 1. The van der Waals surface area contributed by atoms with Crippen molar-refractivity contribution in [3.05, 3.63) is 143 Å². The first-order chi connectivity index (χ1) is 20.7. The number of aliphatic imine (C=N–C) groups is 1. The van der Waals surface area contributed by atoms with E-state index in [0.29, 0.717) is 29.9 Å². The molecule has 42 heavy (non-hydrogen) atoms. The highest BCUT2D eigenvalue weighted by Gasteiger charge is 2.37. The van der Waals surface area contributed by atoms with Crippen molar-refractivity contribution in [1.29, 1.82) is 0 Å². The second-order valence-corrected chi connectivity index (χ2v) is 11.3. The molecule has 5 aromatic rings. The quantitative estimate of drug-likeness (QED) is 0.162. The Bertz CT molecular complexity index is 1800. The summed E-state index contributed by atoms with van der Waals surface area (Å²) < 4.78 is 11.9. The summed E-state index contributed by atoms with van der Waals surface area (Å²) in [6, 6.07) is 36.3. The van der Waals surface area contributed by atoms with Crippen molar-refractivity contribution in [2.75, 3.05) is 12.4 Å². The van der Waals surface area contributed by atoms with E-state index in [-0.39, 0.29) is 6.04 Å². The molecule has 0 aromatic heterocycles. The van der Waals surface area contributed by atoms with Crippen LogP contribution in [0, 0.1) is 12.8 Å². The van der Waals surface area contributed by atoms with Gasteiger partial charge in [0.1, 0.15) is 6.61 Å². The van der Waals surface area contributed by atoms with Crippen molar-refractivity contribution in [1.82, 2.24) is 0 Å². The van der Waals surface area contributed by atoms with E-state index in [1.165, 1.54) is 33.2 Å². The van der Waals surface area contributed by atoms with E-state index < -0.39 is 0 Å². The first kappa shape index (κ1) is 26.1. The highest BCUT2D eigenvalue weighted by Crippen LogP contribution is 2.50. The summed E-state index contributed by atoms with van der Waals surface area (Å²) in [6.45, 7) is 2.64. The lowest BCUT2D eigenvalue weighted by molar-refractivity contribution is 0.285. The average Bonchev–Trinajstić information content (AvgIpc) is 3.53. The van der Waals surface area contributed by atoms with Crippen LogP contribution in [0.2, 0.25) is 0 Å². The molecule has 0 bridgehead atoms. The molecule has 5 aromatic carbocycles. The predicted molar refractivity (Wildman–Crippen MR) is 173 cm³/mol. The van der Waals surface area contributed by atoms with Crippen molar-refractivity contribution in [2.45, 2.75) is 31.9 Å². The fourth-order valence-electron chi connectivity index (χ4n) is 6.42. The third-order valence-electron chi connectivity index (χ3n) is 8.58. The Hall–Kier alpha value is -4.83. The first-order valence-electron chi connectivity index (χ1n) is 14.6. The zero-order valence-corrected chi connectivity index (χ0v) is 24.0. The van der Waals surface area contributed by atoms with Crippen molar-refractivity contribution in [3.63, 3.8) is 0 Å². The number of hydrogen-bond donors (Lipinski definition) is 1. The SMILES string of the molecule is COc1cc(C=Nc2ccc([C@@H]3Nc4ccc(C)cc4[C@@H]4C=CC[C@@H]43)cc2)ccc1OCc1cccc2ccccc12. The topological polar surface area (TPSA) is 42.8 Å². The van der Waals surface area contributed by atoms with Gasteiger partial charge in [0.2, 0.25) is 0 Å². The molecule has 0 fully saturated rings. The maximum atomic E-state index is 6.19. The molecule has 4 nitrogen and oxygen atoms in total. The van der Waals surface area contributed by atoms with E-state index in [2.05, 4.69) is 109 Å². The predicted octanol–water partition coefficient (Wildman–Crippen LogP) is 9.31. The Morgan fingerprint density at radius 2 is 1.74 bits per heavy atom. The van der Waals surface area contributed by atoms with Gasteiger partial charge in [-0.15, -0.1) is 0 Å². The summed E-state index contributed by atoms with van der Waals surface area (Å²) in [5.41, 5.74) is 8.30. The van der Waals surface area contributed by atoms with Crippen molar-refractivity contribution in [3.8, 4) is 11.5 Å². The Morgan fingerprint density at radius 3 is 2.62 bits per heavy atom. The molecular formula is C38H34N2O2. The fraction of sp³-hybridized carbons (Fsp3) is 0.184. The molecule has 1 heterocycles. The highest BCUT2D eigenvalue weighted by molar-refractivity contribution is 5.85. The third-order valence-corrected chi connectivity index (χ3v) is 8.58. The minimum atomic E-state index is 0.281. The van der Waals surface area contributed by atoms with Gasteiger partial charge in [0.25, 0.3) is 0 Å². The number of allylic oxidation sites excluding steroid dienone is 2. The smallest absolute Gasteiger partial charge is 0.161 e. The monoisotopic (exact) mass is 550 g/mol. The maximum absolute atomic E-state index is 6.19. The number of rotatable bonds is 7. The maximum Gasteiger partial charge on any atom is 0.161 e. The fourth-order valence-corrected chi connectivity index (χ4v) is 6.42. The van der Waals surface area contributed by atoms with Gasteiger partial charge in [-0.1, -0.05) is 84.4 Å². The van der Waals surface area contributed by atoms with Crippen LogP contribution >= 0.6 is 0 Å². The molecule has 7 rings (SSSR count). The number of anilines is 1. The molecule has 4 heteroatoms. The summed E-state index contributed by atoms with van der Waals surface area (Å²) in [5.74, 6) is 2.40. The minimum Gasteiger partial charge on any atom is -0.493 e. The van der Waals surface area contributed by atoms with Gasteiger partial charge in [-0.05, 0) is 88.7 Å². The van der Waals surface area contributed by atoms with Crippen LogP contribution in [0.5, 0.6) is 11.5 Å². The van der Waals surface area contributed by atoms with E-state index >= 15 is 0 Å². The summed E-state index contributed by atoms with van der Waals surface area (Å²) in [7, 11) is 1.67. The van der Waals surface area contributed by atoms with Crippen LogP contribution in [0.3, 0.4) is 0 Å². The standard InChI is InChI=1S/C38H34N2O2/c1-25-13-19-35-34(21-25)32-11-6-12-33(32)38(40-35)28-15-17-30(18-16-28)39-23-26-14-20-36(37(22-26)41-2)42-24-29-9-5-8-27-7-3-4-10-31(27)29/h3-11,13-23,32-33,38,40H,12,24H2,1-2H3/t32-,33+,38+/m1/s1. The van der Waals surface area contributed by atoms with Crippen LogP contribution in [-0.2, 0) is 6.61 Å². The summed E-state index contributed by atoms with van der Waals surface area (Å²) in [4.78, 5) is 4.75. The van der Waals surface area contributed by atoms with Crippen LogP contribution < -0.4 is 14.8 Å². The summed E-state index contributed by atoms with van der Waals surface area (Å²) in [5, 5.41) is 6.24. The Labute approximate surface area is 247 Å². The second kappa shape index (κ2) is 11.2. The lowest BCUT2D eigenvalue weighted by atomic mass is 9.76. The number of nitrogens with zero attached hydrogens (tertiary/aromatic N) is 1. The first-order valence-corrected chi connectivity index (χ1v) is 14.6. The molecule has 0 saturated heterocycles. The number of fused-ring (bicyclic) bond motifs is 4. The number of ether oxygens (including phenoxy) is 2. The summed E-state index contributed by atoms with van der Waals surface area (Å²) >= 11 is 0. The Balaban J connectivity index is 1.05. The largest absolute Gasteiger partial charge is 0.493 e. The van der Waals surface area contributed by atoms with Gasteiger partial charge in [0, 0.05) is 17.8 Å². The van der Waals surface area contributed by atoms with Gasteiger partial charge in [-0.25, -0.2) is 0 Å². The Morgan fingerprint density at radius 1 is 0.881 bits per heavy atom. The van der Waals surface area contributed by atoms with E-state index in [1.54, 1.807) is 7.11 Å². The van der Waals surface area contributed by atoms with Crippen molar-refractivity contribution in [2.24, 2.45) is 10.9 Å². The zero-order valence-electron chi connectivity index (χ0n) is 24.0. The number of benzene rings is 5. The van der Waals surface area contributed by atoms with Gasteiger partial charge in [0.05, 0.1) is 18.8 Å². The van der Waals surface area contributed by atoms with E-state index in [0.717, 1.165) is 23.2 Å². The molecule has 0 saturated carbocycles. The van der Waals surface area contributed by atoms with E-state index in [4.69, 9.17) is 14.5 Å². The Kier molecular flexibility index (Phi) is 6.97. The zero-order chi connectivity index (χ0) is 28.5. The molecule has 208 valence electrons. The van der Waals surface area contributed by atoms with Crippen molar-refractivity contribution < 1.29 is 9.47 Å². The van der Waals surface area contributed by atoms with Crippen molar-refractivity contribution >= 4 is 28.4 Å². The highest BCUT2D eigenvalue weighted by atomic mass is 16.5. The molecule has 2 aliphatic rings. The normalized spacial score (nSPS) is 19.0. The number of hydrogen-bond acceptors (Lipinski definition) is 4. The van der Waals surface area contributed by atoms with Crippen LogP contribution in [0.4, 0.5) is 11.4 Å². The van der Waals surface area contributed by atoms with Gasteiger partial charge in [-0.2, -0.15) is 0 Å². The van der Waals surface area contributed by atoms with E-state index in [9.17, 15) is 0 Å². The van der Waals surface area contributed by atoms with Gasteiger partial charge < -0.3 is 14.8 Å². The minimum absolute atomic E-state index is 0.281. The van der Waals surface area contributed by atoms with Crippen LogP contribution in [-0.4, -0.2) is 13.3 Å². The molecule has 0 amide bonds. The third kappa shape index (κ3) is 5.05.